The minimum atomic E-state index is 0.611. The van der Waals surface area contributed by atoms with Crippen LogP contribution in [0.4, 0.5) is 0 Å². The first-order valence-corrected chi connectivity index (χ1v) is 3.37. The van der Waals surface area contributed by atoms with Gasteiger partial charge in [-0.15, -0.1) is 23.2 Å². The topological polar surface area (TPSA) is 0 Å². The predicted octanol–water partition coefficient (Wildman–Crippen LogP) is 2.45. The molecule has 0 unspecified atom stereocenters. The first kappa shape index (κ1) is 7.58. The highest BCUT2D eigenvalue weighted by Gasteiger charge is 1.99. The Morgan fingerprint density at radius 3 is 1.71 bits per heavy atom. The third kappa shape index (κ3) is 3.19. The zero-order valence-corrected chi connectivity index (χ0v) is 5.89. The van der Waals surface area contributed by atoms with E-state index in [4.69, 9.17) is 23.2 Å². The van der Waals surface area contributed by atoms with Crippen LogP contribution in [0, 0.1) is 5.92 Å². The lowest BCUT2D eigenvalue weighted by molar-refractivity contribution is 0.934. The molecule has 43 valence electrons. The maximum atomic E-state index is 5.45. The Bertz CT molecular complexity index is 27.6. The van der Waals surface area contributed by atoms with Gasteiger partial charge in [0.2, 0.25) is 0 Å². The zero-order valence-electron chi connectivity index (χ0n) is 4.38. The zero-order chi connectivity index (χ0) is 5.70. The summed E-state index contributed by atoms with van der Waals surface area (Å²) in [6, 6.07) is 0. The predicted molar refractivity (Wildman–Crippen MR) is 35.0 cm³/mol. The summed E-state index contributed by atoms with van der Waals surface area (Å²) >= 11 is 10.9. The van der Waals surface area contributed by atoms with E-state index in [0.29, 0.717) is 11.8 Å². The molecule has 0 N–H and O–H groups in total. The standard InChI is InChI=1S/C5H9Cl2/c1-2-5(3-6)4-7/h2-4H2,1H3. The van der Waals surface area contributed by atoms with Crippen LogP contribution >= 0.6 is 23.2 Å². The molecular formula is C5H9Cl2. The molecule has 0 saturated heterocycles. The van der Waals surface area contributed by atoms with Crippen molar-refractivity contribution in [2.45, 2.75) is 13.3 Å². The van der Waals surface area contributed by atoms with E-state index in [0.717, 1.165) is 6.42 Å². The van der Waals surface area contributed by atoms with Gasteiger partial charge in [0, 0.05) is 17.7 Å². The highest BCUT2D eigenvalue weighted by molar-refractivity contribution is 6.22. The normalized spacial score (nSPS) is 10.3. The molecule has 0 aliphatic carbocycles. The molecule has 0 nitrogen and oxygen atoms in total. The molecule has 0 bridgehead atoms. The van der Waals surface area contributed by atoms with Crippen LogP contribution in [0.3, 0.4) is 0 Å². The van der Waals surface area contributed by atoms with Gasteiger partial charge in [0.05, 0.1) is 0 Å². The fourth-order valence-electron chi connectivity index (χ4n) is 0.225. The largest absolute Gasteiger partial charge is 0.126 e. The molecule has 0 aromatic heterocycles. The lowest BCUT2D eigenvalue weighted by atomic mass is 10.2. The molecule has 0 spiro atoms. The maximum Gasteiger partial charge on any atom is 0.0297 e. The Labute approximate surface area is 54.8 Å². The molecule has 0 aromatic rings. The number of halogens is 2. The van der Waals surface area contributed by atoms with E-state index in [9.17, 15) is 0 Å². The van der Waals surface area contributed by atoms with Crippen molar-refractivity contribution in [1.82, 2.24) is 0 Å². The summed E-state index contributed by atoms with van der Waals surface area (Å²) in [4.78, 5) is 0. The average molecular weight is 140 g/mol. The third-order valence-corrected chi connectivity index (χ3v) is 1.63. The van der Waals surface area contributed by atoms with Gasteiger partial charge in [0.1, 0.15) is 0 Å². The van der Waals surface area contributed by atoms with Crippen LogP contribution in [0.15, 0.2) is 0 Å². The van der Waals surface area contributed by atoms with Crippen LogP contribution in [0.5, 0.6) is 0 Å². The Balaban J connectivity index is 2.99. The molecule has 0 aromatic carbocycles. The molecule has 0 heterocycles. The summed E-state index contributed by atoms with van der Waals surface area (Å²) in [5, 5.41) is 0. The van der Waals surface area contributed by atoms with Crippen LogP contribution in [0.1, 0.15) is 13.3 Å². The lowest BCUT2D eigenvalue weighted by Crippen LogP contribution is -1.97. The first-order valence-electron chi connectivity index (χ1n) is 2.30. The fourth-order valence-corrected chi connectivity index (χ4v) is 0.888. The number of alkyl halides is 2. The number of rotatable bonds is 3. The van der Waals surface area contributed by atoms with E-state index in [1.807, 2.05) is 0 Å². The second-order valence-corrected chi connectivity index (χ2v) is 1.91. The Hall–Kier alpha value is 0.580. The van der Waals surface area contributed by atoms with Crippen molar-refractivity contribution in [3.63, 3.8) is 0 Å². The van der Waals surface area contributed by atoms with E-state index >= 15 is 0 Å². The smallest absolute Gasteiger partial charge is 0.0297 e. The molecule has 1 radical (unpaired) electrons. The van der Waals surface area contributed by atoms with Gasteiger partial charge in [0.25, 0.3) is 0 Å². The van der Waals surface area contributed by atoms with Gasteiger partial charge in [-0.2, -0.15) is 0 Å². The summed E-state index contributed by atoms with van der Waals surface area (Å²) in [6.07, 6.45) is 1.01. The van der Waals surface area contributed by atoms with Crippen LogP contribution in [-0.2, 0) is 0 Å². The van der Waals surface area contributed by atoms with E-state index in [-0.39, 0.29) is 0 Å². The fraction of sp³-hybridized carbons (Fsp3) is 0.800. The van der Waals surface area contributed by atoms with Crippen molar-refractivity contribution in [3.05, 3.63) is 5.92 Å². The van der Waals surface area contributed by atoms with Crippen molar-refractivity contribution in [3.8, 4) is 0 Å². The third-order valence-electron chi connectivity index (χ3n) is 0.878. The van der Waals surface area contributed by atoms with Crippen molar-refractivity contribution in [2.24, 2.45) is 0 Å². The molecule has 0 aliphatic heterocycles. The second kappa shape index (κ2) is 4.73. The second-order valence-electron chi connectivity index (χ2n) is 1.37. The lowest BCUT2D eigenvalue weighted by Gasteiger charge is -2.01. The summed E-state index contributed by atoms with van der Waals surface area (Å²) in [5.41, 5.74) is 0. The maximum absolute atomic E-state index is 5.45. The summed E-state index contributed by atoms with van der Waals surface area (Å²) in [7, 11) is 0. The van der Waals surface area contributed by atoms with Gasteiger partial charge >= 0.3 is 0 Å². The Morgan fingerprint density at radius 1 is 1.29 bits per heavy atom. The van der Waals surface area contributed by atoms with E-state index in [2.05, 4.69) is 6.92 Å². The van der Waals surface area contributed by atoms with Crippen molar-refractivity contribution in [1.29, 1.82) is 0 Å². The summed E-state index contributed by atoms with van der Waals surface area (Å²) in [6.45, 7) is 2.06. The number of hydrogen-bond donors (Lipinski definition) is 0. The quantitative estimate of drug-likeness (QED) is 0.528. The highest BCUT2D eigenvalue weighted by atomic mass is 35.5. The van der Waals surface area contributed by atoms with Gasteiger partial charge in [0.15, 0.2) is 0 Å². The first-order chi connectivity index (χ1) is 3.35. The summed E-state index contributed by atoms with van der Waals surface area (Å²) in [5.74, 6) is 2.43. The van der Waals surface area contributed by atoms with Gasteiger partial charge in [-0.1, -0.05) is 6.92 Å². The van der Waals surface area contributed by atoms with Gasteiger partial charge in [-0.3, -0.25) is 0 Å². The van der Waals surface area contributed by atoms with Crippen molar-refractivity contribution in [2.75, 3.05) is 11.8 Å². The molecule has 7 heavy (non-hydrogen) atoms. The molecule has 0 saturated carbocycles. The van der Waals surface area contributed by atoms with E-state index in [1.54, 1.807) is 0 Å². The monoisotopic (exact) mass is 139 g/mol. The minimum Gasteiger partial charge on any atom is -0.126 e. The molecule has 2 heteroatoms. The van der Waals surface area contributed by atoms with Gasteiger partial charge in [-0.05, 0) is 6.42 Å². The van der Waals surface area contributed by atoms with E-state index < -0.39 is 0 Å². The average Bonchev–Trinajstić information content (AvgIpc) is 1.72. The van der Waals surface area contributed by atoms with Crippen molar-refractivity contribution >= 4 is 23.2 Å². The SMILES string of the molecule is CC[C](CCl)CCl. The van der Waals surface area contributed by atoms with Crippen LogP contribution in [0.25, 0.3) is 0 Å². The Kier molecular flexibility index (Phi) is 5.12. The van der Waals surface area contributed by atoms with Crippen molar-refractivity contribution < 1.29 is 0 Å². The van der Waals surface area contributed by atoms with Crippen LogP contribution < -0.4 is 0 Å². The molecule has 0 rings (SSSR count). The van der Waals surface area contributed by atoms with E-state index in [1.165, 1.54) is 5.92 Å². The van der Waals surface area contributed by atoms with Crippen LogP contribution in [-0.4, -0.2) is 11.8 Å². The molecule has 0 amide bonds. The number of hydrogen-bond acceptors (Lipinski definition) is 0. The highest BCUT2D eigenvalue weighted by Crippen LogP contribution is 2.08. The Morgan fingerprint density at radius 2 is 1.71 bits per heavy atom. The minimum absolute atomic E-state index is 0.611. The van der Waals surface area contributed by atoms with Gasteiger partial charge in [-0.25, -0.2) is 0 Å². The molecule has 0 atom stereocenters. The molecule has 0 fully saturated rings. The van der Waals surface area contributed by atoms with Crippen LogP contribution in [0.2, 0.25) is 0 Å². The summed E-state index contributed by atoms with van der Waals surface area (Å²) < 4.78 is 0. The molecule has 0 aliphatic rings. The van der Waals surface area contributed by atoms with Gasteiger partial charge < -0.3 is 0 Å². The molecular weight excluding hydrogens is 131 g/mol.